The lowest BCUT2D eigenvalue weighted by atomic mass is 10.1. The molecule has 1 N–H and O–H groups in total. The van der Waals surface area contributed by atoms with Gasteiger partial charge < -0.3 is 10.2 Å². The average molecular weight is 310 g/mol. The third kappa shape index (κ3) is 4.68. The number of carbonyl (C=O) groups excluding carboxylic acids is 2. The predicted molar refractivity (Wildman–Crippen MR) is 92.1 cm³/mol. The van der Waals surface area contributed by atoms with Gasteiger partial charge in [0.15, 0.2) is 0 Å². The molecule has 0 aliphatic carbocycles. The zero-order chi connectivity index (χ0) is 16.8. The van der Waals surface area contributed by atoms with Crippen LogP contribution < -0.4 is 5.32 Å². The van der Waals surface area contributed by atoms with E-state index in [0.29, 0.717) is 6.42 Å². The Labute approximate surface area is 137 Å². The van der Waals surface area contributed by atoms with Crippen LogP contribution in [0.3, 0.4) is 0 Å². The van der Waals surface area contributed by atoms with Gasteiger partial charge in [0.05, 0.1) is 12.5 Å². The van der Waals surface area contributed by atoms with Crippen LogP contribution in [0.1, 0.15) is 31.0 Å². The molecule has 0 fully saturated rings. The standard InChI is InChI=1S/C19H22N2O2/c1-14(17-7-5-4-6-8-17)21(3)19(23)13-16-9-11-18(12-10-16)20-15(2)22/h4-12,14H,13H2,1-3H3,(H,20,22). The number of likely N-dealkylation sites (N-methyl/N-ethyl adjacent to an activating group) is 1. The van der Waals surface area contributed by atoms with Crippen LogP contribution in [0.5, 0.6) is 0 Å². The maximum Gasteiger partial charge on any atom is 0.227 e. The van der Waals surface area contributed by atoms with E-state index in [1.54, 1.807) is 4.90 Å². The molecule has 23 heavy (non-hydrogen) atoms. The molecular formula is C19H22N2O2. The summed E-state index contributed by atoms with van der Waals surface area (Å²) in [6, 6.07) is 17.4. The van der Waals surface area contributed by atoms with Gasteiger partial charge in [0.1, 0.15) is 0 Å². The van der Waals surface area contributed by atoms with Crippen molar-refractivity contribution in [3.8, 4) is 0 Å². The lowest BCUT2D eigenvalue weighted by Crippen LogP contribution is -2.30. The zero-order valence-electron chi connectivity index (χ0n) is 13.7. The Morgan fingerprint density at radius 1 is 1.04 bits per heavy atom. The molecule has 0 spiro atoms. The number of nitrogens with zero attached hydrogens (tertiary/aromatic N) is 1. The van der Waals surface area contributed by atoms with Gasteiger partial charge in [-0.15, -0.1) is 0 Å². The number of carbonyl (C=O) groups is 2. The van der Waals surface area contributed by atoms with Crippen molar-refractivity contribution in [2.75, 3.05) is 12.4 Å². The Hall–Kier alpha value is -2.62. The van der Waals surface area contributed by atoms with E-state index in [-0.39, 0.29) is 17.9 Å². The van der Waals surface area contributed by atoms with Gasteiger partial charge in [-0.25, -0.2) is 0 Å². The minimum atomic E-state index is -0.106. The molecule has 0 aliphatic heterocycles. The van der Waals surface area contributed by atoms with Crippen LogP contribution in [0.4, 0.5) is 5.69 Å². The summed E-state index contributed by atoms with van der Waals surface area (Å²) in [6.45, 7) is 3.49. The number of rotatable bonds is 5. The summed E-state index contributed by atoms with van der Waals surface area (Å²) >= 11 is 0. The number of anilines is 1. The maximum absolute atomic E-state index is 12.4. The molecule has 0 bridgehead atoms. The van der Waals surface area contributed by atoms with Gasteiger partial charge in [-0.2, -0.15) is 0 Å². The van der Waals surface area contributed by atoms with Crippen LogP contribution in [0.25, 0.3) is 0 Å². The number of nitrogens with one attached hydrogen (secondary N) is 1. The fourth-order valence-corrected chi connectivity index (χ4v) is 2.38. The summed E-state index contributed by atoms with van der Waals surface area (Å²) in [6.07, 6.45) is 0.341. The second-order valence-electron chi connectivity index (χ2n) is 5.65. The first kappa shape index (κ1) is 16.7. The number of amides is 2. The van der Waals surface area contributed by atoms with Crippen molar-refractivity contribution in [3.63, 3.8) is 0 Å². The van der Waals surface area contributed by atoms with Gasteiger partial charge in [0.25, 0.3) is 0 Å². The third-order valence-corrected chi connectivity index (χ3v) is 3.89. The predicted octanol–water partition coefficient (Wildman–Crippen LogP) is 3.41. The van der Waals surface area contributed by atoms with E-state index in [0.717, 1.165) is 16.8 Å². The van der Waals surface area contributed by atoms with Crippen LogP contribution in [-0.2, 0) is 16.0 Å². The minimum absolute atomic E-state index is 0.0300. The van der Waals surface area contributed by atoms with Crippen LogP contribution in [0, 0.1) is 0 Å². The van der Waals surface area contributed by atoms with Crippen LogP contribution >= 0.6 is 0 Å². The molecule has 2 amide bonds. The highest BCUT2D eigenvalue weighted by Crippen LogP contribution is 2.19. The highest BCUT2D eigenvalue weighted by Gasteiger charge is 2.17. The van der Waals surface area contributed by atoms with E-state index >= 15 is 0 Å². The smallest absolute Gasteiger partial charge is 0.227 e. The van der Waals surface area contributed by atoms with Crippen molar-refractivity contribution < 1.29 is 9.59 Å². The topological polar surface area (TPSA) is 49.4 Å². The molecule has 1 atom stereocenters. The molecule has 4 nitrogen and oxygen atoms in total. The van der Waals surface area contributed by atoms with E-state index in [1.807, 2.05) is 68.6 Å². The Morgan fingerprint density at radius 3 is 2.22 bits per heavy atom. The fourth-order valence-electron chi connectivity index (χ4n) is 2.38. The molecule has 0 saturated heterocycles. The second-order valence-corrected chi connectivity index (χ2v) is 5.65. The van der Waals surface area contributed by atoms with Crippen molar-refractivity contribution in [1.29, 1.82) is 0 Å². The van der Waals surface area contributed by atoms with Gasteiger partial charge in [0.2, 0.25) is 11.8 Å². The molecule has 2 aromatic rings. The molecule has 1 unspecified atom stereocenters. The SMILES string of the molecule is CC(=O)Nc1ccc(CC(=O)N(C)C(C)c2ccccc2)cc1. The molecule has 0 aliphatic rings. The first-order chi connectivity index (χ1) is 11.0. The summed E-state index contributed by atoms with van der Waals surface area (Å²) in [5.74, 6) is -0.0427. The van der Waals surface area contributed by atoms with Gasteiger partial charge >= 0.3 is 0 Å². The van der Waals surface area contributed by atoms with Gasteiger partial charge in [-0.3, -0.25) is 9.59 Å². The summed E-state index contributed by atoms with van der Waals surface area (Å²) in [7, 11) is 1.83. The first-order valence-corrected chi connectivity index (χ1v) is 7.64. The van der Waals surface area contributed by atoms with Gasteiger partial charge in [-0.1, -0.05) is 42.5 Å². The summed E-state index contributed by atoms with van der Waals surface area (Å²) in [5.41, 5.74) is 2.78. The van der Waals surface area contributed by atoms with Crippen molar-refractivity contribution >= 4 is 17.5 Å². The molecule has 120 valence electrons. The lowest BCUT2D eigenvalue weighted by molar-refractivity contribution is -0.131. The van der Waals surface area contributed by atoms with E-state index in [9.17, 15) is 9.59 Å². The largest absolute Gasteiger partial charge is 0.339 e. The highest BCUT2D eigenvalue weighted by atomic mass is 16.2. The quantitative estimate of drug-likeness (QED) is 0.920. The summed E-state index contributed by atoms with van der Waals surface area (Å²) in [4.78, 5) is 25.2. The Kier molecular flexibility index (Phi) is 5.52. The van der Waals surface area contributed by atoms with E-state index in [4.69, 9.17) is 0 Å². The average Bonchev–Trinajstić information content (AvgIpc) is 2.55. The van der Waals surface area contributed by atoms with E-state index < -0.39 is 0 Å². The van der Waals surface area contributed by atoms with Crippen molar-refractivity contribution in [2.24, 2.45) is 0 Å². The molecule has 2 aromatic carbocycles. The van der Waals surface area contributed by atoms with Crippen LogP contribution in [-0.4, -0.2) is 23.8 Å². The summed E-state index contributed by atoms with van der Waals surface area (Å²) in [5, 5.41) is 2.71. The van der Waals surface area contributed by atoms with Crippen molar-refractivity contribution in [1.82, 2.24) is 4.90 Å². The Morgan fingerprint density at radius 2 is 1.65 bits per heavy atom. The van der Waals surface area contributed by atoms with Crippen LogP contribution in [0.15, 0.2) is 54.6 Å². The Balaban J connectivity index is 1.99. The number of benzene rings is 2. The van der Waals surface area contributed by atoms with Gasteiger partial charge in [0, 0.05) is 19.7 Å². The van der Waals surface area contributed by atoms with Crippen molar-refractivity contribution in [3.05, 3.63) is 65.7 Å². The Bertz CT molecular complexity index is 666. The molecular weight excluding hydrogens is 288 g/mol. The zero-order valence-corrected chi connectivity index (χ0v) is 13.7. The summed E-state index contributed by atoms with van der Waals surface area (Å²) < 4.78 is 0. The molecule has 0 saturated carbocycles. The lowest BCUT2D eigenvalue weighted by Gasteiger charge is -2.25. The number of hydrogen-bond acceptors (Lipinski definition) is 2. The van der Waals surface area contributed by atoms with Gasteiger partial charge in [-0.05, 0) is 30.2 Å². The molecule has 0 radical (unpaired) electrons. The molecule has 2 rings (SSSR count). The second kappa shape index (κ2) is 7.58. The third-order valence-electron chi connectivity index (χ3n) is 3.89. The molecule has 0 aromatic heterocycles. The van der Waals surface area contributed by atoms with Crippen molar-refractivity contribution in [2.45, 2.75) is 26.3 Å². The van der Waals surface area contributed by atoms with E-state index in [2.05, 4.69) is 5.32 Å². The number of hydrogen-bond donors (Lipinski definition) is 1. The maximum atomic E-state index is 12.4. The first-order valence-electron chi connectivity index (χ1n) is 7.64. The normalized spacial score (nSPS) is 11.6. The van der Waals surface area contributed by atoms with Crippen LogP contribution in [0.2, 0.25) is 0 Å². The fraction of sp³-hybridized carbons (Fsp3) is 0.263. The van der Waals surface area contributed by atoms with E-state index in [1.165, 1.54) is 6.92 Å². The molecule has 4 heteroatoms. The monoisotopic (exact) mass is 310 g/mol. The minimum Gasteiger partial charge on any atom is -0.339 e. The highest BCUT2D eigenvalue weighted by molar-refractivity contribution is 5.88. The molecule has 0 heterocycles.